The maximum atomic E-state index is 11.2. The van der Waals surface area contributed by atoms with Gasteiger partial charge in [0.25, 0.3) is 0 Å². The molecule has 0 aliphatic carbocycles. The summed E-state index contributed by atoms with van der Waals surface area (Å²) in [5, 5.41) is 15.8. The van der Waals surface area contributed by atoms with Crippen molar-refractivity contribution in [2.45, 2.75) is 97.1 Å². The number of carbonyl (C=O) groups is 2. The molecule has 0 saturated carbocycles. The van der Waals surface area contributed by atoms with E-state index in [1.807, 2.05) is 0 Å². The molecule has 0 spiro atoms. The van der Waals surface area contributed by atoms with Crippen LogP contribution in [-0.2, 0) is 9.59 Å². The van der Waals surface area contributed by atoms with Gasteiger partial charge in [-0.1, -0.05) is 58.3 Å². The molecular formula is C17H35NO4. The Kier molecular flexibility index (Phi) is 17.4. The Labute approximate surface area is 135 Å². The van der Waals surface area contributed by atoms with E-state index in [0.29, 0.717) is 6.42 Å². The summed E-state index contributed by atoms with van der Waals surface area (Å²) in [6.07, 6.45) is 11.1. The SMILES string of the molecule is CC(O)C(=O)O.CCCCCCCCCCCC(=O)C(C)N. The monoisotopic (exact) mass is 317 g/mol. The third-order valence-corrected chi connectivity index (χ3v) is 3.39. The topological polar surface area (TPSA) is 101 Å². The van der Waals surface area contributed by atoms with Gasteiger partial charge in [0.2, 0.25) is 0 Å². The number of nitrogens with two attached hydrogens (primary N) is 1. The summed E-state index contributed by atoms with van der Waals surface area (Å²) in [7, 11) is 0. The molecule has 22 heavy (non-hydrogen) atoms. The van der Waals surface area contributed by atoms with Crippen LogP contribution in [0.4, 0.5) is 0 Å². The van der Waals surface area contributed by atoms with Gasteiger partial charge < -0.3 is 15.9 Å². The van der Waals surface area contributed by atoms with Gasteiger partial charge in [-0.05, 0) is 20.3 Å². The van der Waals surface area contributed by atoms with Crippen LogP contribution in [0.3, 0.4) is 0 Å². The predicted molar refractivity (Wildman–Crippen MR) is 89.8 cm³/mol. The van der Waals surface area contributed by atoms with E-state index in [1.165, 1.54) is 58.3 Å². The second kappa shape index (κ2) is 16.4. The fraction of sp³-hybridized carbons (Fsp3) is 0.882. The van der Waals surface area contributed by atoms with Crippen molar-refractivity contribution in [2.75, 3.05) is 0 Å². The number of aliphatic hydroxyl groups is 1. The normalized spacial score (nSPS) is 13.0. The molecule has 0 rings (SSSR count). The van der Waals surface area contributed by atoms with E-state index in [9.17, 15) is 9.59 Å². The first-order chi connectivity index (χ1) is 10.3. The minimum absolute atomic E-state index is 0.211. The number of aliphatic hydroxyl groups excluding tert-OH is 1. The van der Waals surface area contributed by atoms with Gasteiger partial charge in [0.15, 0.2) is 0 Å². The largest absolute Gasteiger partial charge is 0.479 e. The number of ketones is 1. The minimum atomic E-state index is -1.23. The molecule has 5 nitrogen and oxygen atoms in total. The van der Waals surface area contributed by atoms with E-state index in [2.05, 4.69) is 6.92 Å². The van der Waals surface area contributed by atoms with E-state index >= 15 is 0 Å². The van der Waals surface area contributed by atoms with Crippen LogP contribution in [0.5, 0.6) is 0 Å². The Morgan fingerprint density at radius 3 is 1.59 bits per heavy atom. The van der Waals surface area contributed by atoms with Crippen molar-refractivity contribution in [1.29, 1.82) is 0 Å². The van der Waals surface area contributed by atoms with Crippen LogP contribution in [0.1, 0.15) is 85.0 Å². The number of hydrogen-bond donors (Lipinski definition) is 3. The fourth-order valence-corrected chi connectivity index (χ4v) is 1.84. The molecule has 0 bridgehead atoms. The Hall–Kier alpha value is -0.940. The first-order valence-corrected chi connectivity index (χ1v) is 8.52. The van der Waals surface area contributed by atoms with E-state index in [0.717, 1.165) is 6.42 Å². The molecule has 0 saturated heterocycles. The number of carboxylic acid groups (broad SMARTS) is 1. The van der Waals surface area contributed by atoms with Gasteiger partial charge in [-0.25, -0.2) is 4.79 Å². The van der Waals surface area contributed by atoms with Gasteiger partial charge in [0.1, 0.15) is 11.9 Å². The summed E-state index contributed by atoms with van der Waals surface area (Å²) < 4.78 is 0. The summed E-state index contributed by atoms with van der Waals surface area (Å²) in [4.78, 5) is 20.7. The first kappa shape index (κ1) is 23.3. The van der Waals surface area contributed by atoms with Crippen molar-refractivity contribution in [1.82, 2.24) is 0 Å². The standard InChI is InChI=1S/C14H29NO.C3H6O3/c1-3-4-5-6-7-8-9-10-11-12-14(16)13(2)15;1-2(4)3(5)6/h13H,3-12,15H2,1-2H3;2,4H,1H3,(H,5,6). The van der Waals surface area contributed by atoms with Crippen molar-refractivity contribution >= 4 is 11.8 Å². The highest BCUT2D eigenvalue weighted by Gasteiger charge is 2.05. The lowest BCUT2D eigenvalue weighted by molar-refractivity contribution is -0.145. The molecule has 2 atom stereocenters. The van der Waals surface area contributed by atoms with Gasteiger partial charge >= 0.3 is 5.97 Å². The van der Waals surface area contributed by atoms with Gasteiger partial charge in [-0.3, -0.25) is 4.79 Å². The Morgan fingerprint density at radius 2 is 1.27 bits per heavy atom. The van der Waals surface area contributed by atoms with Crippen molar-refractivity contribution < 1.29 is 19.8 Å². The third-order valence-electron chi connectivity index (χ3n) is 3.39. The van der Waals surface area contributed by atoms with Crippen LogP contribution >= 0.6 is 0 Å². The van der Waals surface area contributed by atoms with Gasteiger partial charge in [-0.15, -0.1) is 0 Å². The third kappa shape index (κ3) is 19.1. The number of unbranched alkanes of at least 4 members (excludes halogenated alkanes) is 8. The summed E-state index contributed by atoms with van der Waals surface area (Å²) >= 11 is 0. The smallest absolute Gasteiger partial charge is 0.332 e. The van der Waals surface area contributed by atoms with E-state index in [1.54, 1.807) is 6.92 Å². The second-order valence-corrected chi connectivity index (χ2v) is 5.85. The number of Topliss-reactive ketones (excluding diaryl/α,β-unsaturated/α-hetero) is 1. The highest BCUT2D eigenvalue weighted by Crippen LogP contribution is 2.10. The van der Waals surface area contributed by atoms with Crippen LogP contribution in [-0.4, -0.2) is 34.1 Å². The molecule has 0 heterocycles. The molecule has 0 aromatic carbocycles. The van der Waals surface area contributed by atoms with E-state index in [-0.39, 0.29) is 11.8 Å². The summed E-state index contributed by atoms with van der Waals surface area (Å²) in [5.74, 6) is -0.974. The number of rotatable bonds is 12. The zero-order chi connectivity index (χ0) is 17.4. The quantitative estimate of drug-likeness (QED) is 0.480. The van der Waals surface area contributed by atoms with Gasteiger partial charge in [0, 0.05) is 6.42 Å². The molecule has 0 amide bonds. The highest BCUT2D eigenvalue weighted by molar-refractivity contribution is 5.83. The Morgan fingerprint density at radius 1 is 0.909 bits per heavy atom. The van der Waals surface area contributed by atoms with Crippen molar-refractivity contribution in [3.8, 4) is 0 Å². The van der Waals surface area contributed by atoms with Crippen molar-refractivity contribution in [3.05, 3.63) is 0 Å². The maximum absolute atomic E-state index is 11.2. The van der Waals surface area contributed by atoms with Crippen LogP contribution in [0, 0.1) is 0 Å². The number of hydrogen-bond acceptors (Lipinski definition) is 4. The molecule has 0 radical (unpaired) electrons. The molecule has 2 unspecified atom stereocenters. The maximum Gasteiger partial charge on any atom is 0.332 e. The van der Waals surface area contributed by atoms with Crippen molar-refractivity contribution in [2.24, 2.45) is 5.73 Å². The molecular weight excluding hydrogens is 282 g/mol. The first-order valence-electron chi connectivity index (χ1n) is 8.52. The molecule has 0 aromatic rings. The minimum Gasteiger partial charge on any atom is -0.479 e. The number of carboxylic acids is 1. The Balaban J connectivity index is 0. The molecule has 0 aliphatic heterocycles. The van der Waals surface area contributed by atoms with Crippen molar-refractivity contribution in [3.63, 3.8) is 0 Å². The molecule has 0 fully saturated rings. The average molecular weight is 317 g/mol. The Bertz CT molecular complexity index is 278. The van der Waals surface area contributed by atoms with Crippen LogP contribution < -0.4 is 5.73 Å². The zero-order valence-corrected chi connectivity index (χ0v) is 14.5. The lowest BCUT2D eigenvalue weighted by atomic mass is 10.0. The molecule has 0 aliphatic rings. The average Bonchev–Trinajstić information content (AvgIpc) is 2.45. The van der Waals surface area contributed by atoms with Gasteiger partial charge in [0.05, 0.1) is 6.04 Å². The number of aliphatic carboxylic acids is 1. The lowest BCUT2D eigenvalue weighted by Gasteiger charge is -2.04. The highest BCUT2D eigenvalue weighted by atomic mass is 16.4. The van der Waals surface area contributed by atoms with Crippen LogP contribution in [0.2, 0.25) is 0 Å². The van der Waals surface area contributed by atoms with Crippen LogP contribution in [0.25, 0.3) is 0 Å². The molecule has 132 valence electrons. The summed E-state index contributed by atoms with van der Waals surface area (Å²) in [6, 6.07) is -0.269. The zero-order valence-electron chi connectivity index (χ0n) is 14.5. The lowest BCUT2D eigenvalue weighted by Crippen LogP contribution is -2.26. The van der Waals surface area contributed by atoms with Crippen LogP contribution in [0.15, 0.2) is 0 Å². The van der Waals surface area contributed by atoms with E-state index in [4.69, 9.17) is 15.9 Å². The van der Waals surface area contributed by atoms with Gasteiger partial charge in [-0.2, -0.15) is 0 Å². The van der Waals surface area contributed by atoms with E-state index < -0.39 is 12.1 Å². The summed E-state index contributed by atoms with van der Waals surface area (Å²) in [5.41, 5.74) is 5.50. The summed E-state index contributed by atoms with van der Waals surface area (Å²) in [6.45, 7) is 5.22. The number of carbonyl (C=O) groups excluding carboxylic acids is 1. The molecule has 0 aromatic heterocycles. The second-order valence-electron chi connectivity index (χ2n) is 5.85. The predicted octanol–water partition coefficient (Wildman–Crippen LogP) is 3.28. The molecule has 5 heteroatoms. The molecule has 4 N–H and O–H groups in total. The fourth-order valence-electron chi connectivity index (χ4n) is 1.84.